The first-order valence-corrected chi connectivity index (χ1v) is 6.75. The number of benzene rings is 1. The van der Waals surface area contributed by atoms with Crippen LogP contribution in [0.3, 0.4) is 0 Å². The fraction of sp³-hybridized carbons (Fsp3) is 0.286. The van der Waals surface area contributed by atoms with E-state index < -0.39 is 0 Å². The van der Waals surface area contributed by atoms with E-state index in [-0.39, 0.29) is 5.95 Å². The van der Waals surface area contributed by atoms with Gasteiger partial charge in [-0.2, -0.15) is 4.98 Å². The first kappa shape index (κ1) is 13.0. The van der Waals surface area contributed by atoms with Crippen molar-refractivity contribution >= 4 is 23.4 Å². The van der Waals surface area contributed by atoms with Crippen molar-refractivity contribution in [3.63, 3.8) is 0 Å². The minimum Gasteiger partial charge on any atom is -0.496 e. The maximum Gasteiger partial charge on any atom is 0.223 e. The van der Waals surface area contributed by atoms with E-state index in [9.17, 15) is 0 Å². The van der Waals surface area contributed by atoms with Crippen molar-refractivity contribution in [3.05, 3.63) is 40.5 Å². The fourth-order valence-corrected chi connectivity index (χ4v) is 2.73. The molecular weight excluding hydrogens is 276 g/mol. The van der Waals surface area contributed by atoms with Gasteiger partial charge in [-0.3, -0.25) is 0 Å². The molecule has 0 radical (unpaired) electrons. The molecule has 0 amide bonds. The Morgan fingerprint density at radius 2 is 2.20 bits per heavy atom. The Morgan fingerprint density at radius 1 is 1.35 bits per heavy atom. The molecule has 2 aromatic rings. The average Bonchev–Trinajstić information content (AvgIpc) is 2.45. The molecule has 6 heteroatoms. The molecule has 20 heavy (non-hydrogen) atoms. The van der Waals surface area contributed by atoms with Crippen LogP contribution in [0.15, 0.2) is 24.3 Å². The Kier molecular flexibility index (Phi) is 3.36. The van der Waals surface area contributed by atoms with Gasteiger partial charge in [0.15, 0.2) is 0 Å². The summed E-state index contributed by atoms with van der Waals surface area (Å²) in [5.74, 6) is 1.90. The third-order valence-corrected chi connectivity index (χ3v) is 3.66. The molecule has 104 valence electrons. The van der Waals surface area contributed by atoms with Crippen LogP contribution in [0.25, 0.3) is 0 Å². The van der Waals surface area contributed by atoms with Crippen molar-refractivity contribution in [1.82, 2.24) is 9.97 Å². The molecule has 0 bridgehead atoms. The monoisotopic (exact) mass is 290 g/mol. The van der Waals surface area contributed by atoms with Crippen molar-refractivity contribution in [2.75, 3.05) is 24.3 Å². The molecule has 0 spiro atoms. The maximum atomic E-state index is 5.94. The third-order valence-electron chi connectivity index (χ3n) is 3.47. The van der Waals surface area contributed by atoms with Crippen molar-refractivity contribution < 1.29 is 4.74 Å². The molecule has 2 N–H and O–H groups in total. The summed E-state index contributed by atoms with van der Waals surface area (Å²) in [5, 5.41) is 0.365. The molecule has 0 saturated heterocycles. The number of rotatable bonds is 2. The molecule has 0 atom stereocenters. The van der Waals surface area contributed by atoms with E-state index in [1.165, 1.54) is 11.1 Å². The predicted octanol–water partition coefficient (Wildman–Crippen LogP) is 2.28. The molecule has 3 rings (SSSR count). The van der Waals surface area contributed by atoms with Gasteiger partial charge in [0.25, 0.3) is 0 Å². The first-order valence-electron chi connectivity index (χ1n) is 6.37. The van der Waals surface area contributed by atoms with Crippen LogP contribution in [-0.4, -0.2) is 23.6 Å². The van der Waals surface area contributed by atoms with E-state index in [1.54, 1.807) is 13.2 Å². The molecule has 5 nitrogen and oxygen atoms in total. The second kappa shape index (κ2) is 5.17. The number of fused-ring (bicyclic) bond motifs is 1. The molecule has 0 unspecified atom stereocenters. The van der Waals surface area contributed by atoms with Crippen LogP contribution >= 0.6 is 11.6 Å². The number of aromatic nitrogens is 2. The normalized spacial score (nSPS) is 14.0. The Balaban J connectivity index is 1.92. The van der Waals surface area contributed by atoms with E-state index in [1.807, 2.05) is 12.1 Å². The van der Waals surface area contributed by atoms with Crippen LogP contribution in [0, 0.1) is 0 Å². The van der Waals surface area contributed by atoms with Gasteiger partial charge in [0, 0.05) is 24.7 Å². The van der Waals surface area contributed by atoms with Gasteiger partial charge in [-0.1, -0.05) is 23.7 Å². The smallest absolute Gasteiger partial charge is 0.223 e. The Labute approximate surface area is 122 Å². The SMILES string of the molecule is COc1cccc2c1CCN(c1cc(Cl)nc(N)n1)C2. The Morgan fingerprint density at radius 3 is 2.95 bits per heavy atom. The van der Waals surface area contributed by atoms with Crippen molar-refractivity contribution in [2.45, 2.75) is 13.0 Å². The predicted molar refractivity (Wildman–Crippen MR) is 79.2 cm³/mol. The molecule has 1 aliphatic heterocycles. The van der Waals surface area contributed by atoms with Gasteiger partial charge in [0.1, 0.15) is 16.7 Å². The van der Waals surface area contributed by atoms with Crippen LogP contribution in [0.5, 0.6) is 5.75 Å². The largest absolute Gasteiger partial charge is 0.496 e. The number of anilines is 2. The molecule has 0 saturated carbocycles. The Bertz CT molecular complexity index is 627. The summed E-state index contributed by atoms with van der Waals surface area (Å²) >= 11 is 5.94. The number of halogens is 1. The lowest BCUT2D eigenvalue weighted by atomic mass is 9.99. The number of methoxy groups -OCH3 is 1. The number of nitrogen functional groups attached to an aromatic ring is 1. The lowest BCUT2D eigenvalue weighted by Gasteiger charge is -2.30. The van der Waals surface area contributed by atoms with Crippen molar-refractivity contribution in [2.24, 2.45) is 0 Å². The second-order valence-electron chi connectivity index (χ2n) is 4.68. The number of hydrogen-bond donors (Lipinski definition) is 1. The standard InChI is InChI=1S/C14H15ClN4O/c1-20-11-4-2-3-9-8-19(6-5-10(9)11)13-7-12(15)17-14(16)18-13/h2-4,7H,5-6,8H2,1H3,(H2,16,17,18). The summed E-state index contributed by atoms with van der Waals surface area (Å²) in [6.07, 6.45) is 0.904. The minimum atomic E-state index is 0.198. The molecule has 1 aromatic carbocycles. The summed E-state index contributed by atoms with van der Waals surface area (Å²) in [4.78, 5) is 10.3. The summed E-state index contributed by atoms with van der Waals surface area (Å²) in [6, 6.07) is 7.84. The number of nitrogens with two attached hydrogens (primary N) is 1. The molecule has 1 aliphatic rings. The quantitative estimate of drug-likeness (QED) is 0.860. The van der Waals surface area contributed by atoms with E-state index >= 15 is 0 Å². The third kappa shape index (κ3) is 2.36. The highest BCUT2D eigenvalue weighted by atomic mass is 35.5. The van der Waals surface area contributed by atoms with Gasteiger partial charge < -0.3 is 15.4 Å². The van der Waals surface area contributed by atoms with Gasteiger partial charge >= 0.3 is 0 Å². The zero-order valence-corrected chi connectivity index (χ0v) is 11.9. The van der Waals surface area contributed by atoms with E-state index in [4.69, 9.17) is 22.1 Å². The highest BCUT2D eigenvalue weighted by Crippen LogP contribution is 2.30. The molecular formula is C14H15ClN4O. The van der Waals surface area contributed by atoms with Gasteiger partial charge in [-0.25, -0.2) is 4.98 Å². The van der Waals surface area contributed by atoms with Crippen LogP contribution in [0.2, 0.25) is 5.15 Å². The van der Waals surface area contributed by atoms with Crippen LogP contribution in [-0.2, 0) is 13.0 Å². The van der Waals surface area contributed by atoms with Crippen molar-refractivity contribution in [1.29, 1.82) is 0 Å². The summed E-state index contributed by atoms with van der Waals surface area (Å²) in [7, 11) is 1.70. The molecule has 0 fully saturated rings. The lowest BCUT2D eigenvalue weighted by Crippen LogP contribution is -2.31. The lowest BCUT2D eigenvalue weighted by molar-refractivity contribution is 0.407. The minimum absolute atomic E-state index is 0.198. The van der Waals surface area contributed by atoms with E-state index in [0.29, 0.717) is 5.15 Å². The highest BCUT2D eigenvalue weighted by molar-refractivity contribution is 6.29. The summed E-state index contributed by atoms with van der Waals surface area (Å²) in [5.41, 5.74) is 8.16. The van der Waals surface area contributed by atoms with Crippen molar-refractivity contribution in [3.8, 4) is 5.75 Å². The van der Waals surface area contributed by atoms with E-state index in [2.05, 4.69) is 20.9 Å². The molecule has 0 aliphatic carbocycles. The summed E-state index contributed by atoms with van der Waals surface area (Å²) < 4.78 is 5.41. The van der Waals surface area contributed by atoms with Crippen LogP contribution in [0.1, 0.15) is 11.1 Å². The van der Waals surface area contributed by atoms with Gasteiger partial charge in [0.05, 0.1) is 7.11 Å². The molecule has 2 heterocycles. The van der Waals surface area contributed by atoms with Gasteiger partial charge in [-0.15, -0.1) is 0 Å². The maximum absolute atomic E-state index is 5.94. The highest BCUT2D eigenvalue weighted by Gasteiger charge is 2.20. The van der Waals surface area contributed by atoms with Gasteiger partial charge in [-0.05, 0) is 18.1 Å². The first-order chi connectivity index (χ1) is 9.67. The zero-order valence-electron chi connectivity index (χ0n) is 11.1. The fourth-order valence-electron chi connectivity index (χ4n) is 2.55. The molecule has 1 aromatic heterocycles. The average molecular weight is 291 g/mol. The van der Waals surface area contributed by atoms with Crippen LogP contribution in [0.4, 0.5) is 11.8 Å². The number of ether oxygens (including phenoxy) is 1. The zero-order chi connectivity index (χ0) is 14.1. The Hall–Kier alpha value is -2.01. The summed E-state index contributed by atoms with van der Waals surface area (Å²) in [6.45, 7) is 1.61. The number of hydrogen-bond acceptors (Lipinski definition) is 5. The number of nitrogens with zero attached hydrogens (tertiary/aromatic N) is 3. The van der Waals surface area contributed by atoms with Crippen LogP contribution < -0.4 is 15.4 Å². The van der Waals surface area contributed by atoms with Gasteiger partial charge in [0.2, 0.25) is 5.95 Å². The second-order valence-corrected chi connectivity index (χ2v) is 5.06. The van der Waals surface area contributed by atoms with E-state index in [0.717, 1.165) is 31.1 Å². The topological polar surface area (TPSA) is 64.3 Å².